The first-order valence-corrected chi connectivity index (χ1v) is 12.3. The lowest BCUT2D eigenvalue weighted by molar-refractivity contribution is 0.680. The molecule has 6 nitrogen and oxygen atoms in total. The first kappa shape index (κ1) is 24.0. The molecular formula is C31H28N6. The second-order valence-corrected chi connectivity index (χ2v) is 8.89. The lowest BCUT2D eigenvalue weighted by Crippen LogP contribution is -2.17. The molecule has 6 heteroatoms. The summed E-state index contributed by atoms with van der Waals surface area (Å²) in [6, 6.07) is 22.9. The molecule has 3 N–H and O–H groups in total. The van der Waals surface area contributed by atoms with Crippen LogP contribution in [0, 0.1) is 18.3 Å². The number of pyridine rings is 2. The standard InChI is InChI=1S/C31H28N6/c1-22-28-14-17-36-30(28)12-11-29(22)37-31-25(20-34-21-26(31)18-32)10-9-23-5-7-24(8-6-23)19-33-16-13-27-4-2-3-15-35-27/h2-12,14-15,17,20-21,33,36H,13,16,19H2,1H3,(H,34,37). The van der Waals surface area contributed by atoms with Crippen molar-refractivity contribution in [1.82, 2.24) is 20.3 Å². The number of hydrogen-bond acceptors (Lipinski definition) is 5. The number of aromatic amines is 1. The number of anilines is 2. The van der Waals surface area contributed by atoms with Gasteiger partial charge in [-0.25, -0.2) is 0 Å². The normalized spacial score (nSPS) is 11.1. The van der Waals surface area contributed by atoms with Gasteiger partial charge in [0.2, 0.25) is 0 Å². The van der Waals surface area contributed by atoms with E-state index in [9.17, 15) is 5.26 Å². The predicted octanol–water partition coefficient (Wildman–Crippen LogP) is 6.38. The molecule has 3 heterocycles. The van der Waals surface area contributed by atoms with E-state index in [1.54, 1.807) is 12.4 Å². The van der Waals surface area contributed by atoms with E-state index < -0.39 is 0 Å². The fourth-order valence-electron chi connectivity index (χ4n) is 4.31. The molecule has 5 rings (SSSR count). The Morgan fingerprint density at radius 1 is 1.00 bits per heavy atom. The van der Waals surface area contributed by atoms with Gasteiger partial charge in [0.15, 0.2) is 0 Å². The van der Waals surface area contributed by atoms with E-state index in [2.05, 4.69) is 68.9 Å². The van der Waals surface area contributed by atoms with Crippen LogP contribution < -0.4 is 10.6 Å². The minimum Gasteiger partial charge on any atom is -0.361 e. The highest BCUT2D eigenvalue weighted by Gasteiger charge is 2.11. The van der Waals surface area contributed by atoms with Gasteiger partial charge in [0, 0.05) is 72.1 Å². The Labute approximate surface area is 216 Å². The molecular weight excluding hydrogens is 456 g/mol. The number of nitriles is 1. The smallest absolute Gasteiger partial charge is 0.103 e. The van der Waals surface area contributed by atoms with Crippen LogP contribution in [-0.2, 0) is 13.0 Å². The van der Waals surface area contributed by atoms with Gasteiger partial charge in [-0.1, -0.05) is 42.5 Å². The molecule has 182 valence electrons. The monoisotopic (exact) mass is 484 g/mol. The van der Waals surface area contributed by atoms with Crippen molar-refractivity contribution in [3.8, 4) is 6.07 Å². The first-order chi connectivity index (χ1) is 18.2. The minimum absolute atomic E-state index is 0.503. The number of H-pyrrole nitrogens is 1. The molecule has 0 spiro atoms. The second kappa shape index (κ2) is 11.3. The number of hydrogen-bond donors (Lipinski definition) is 3. The molecule has 0 bridgehead atoms. The van der Waals surface area contributed by atoms with Crippen molar-refractivity contribution in [3.05, 3.63) is 119 Å². The fraction of sp³-hybridized carbons (Fsp3) is 0.129. The summed E-state index contributed by atoms with van der Waals surface area (Å²) in [5.74, 6) is 0. The Balaban J connectivity index is 1.27. The van der Waals surface area contributed by atoms with Crippen LogP contribution in [0.1, 0.15) is 33.5 Å². The summed E-state index contributed by atoms with van der Waals surface area (Å²) >= 11 is 0. The molecule has 3 aromatic heterocycles. The Kier molecular flexibility index (Phi) is 7.35. The van der Waals surface area contributed by atoms with Crippen LogP contribution in [0.4, 0.5) is 11.4 Å². The summed E-state index contributed by atoms with van der Waals surface area (Å²) in [4.78, 5) is 11.9. The van der Waals surface area contributed by atoms with Gasteiger partial charge in [0.1, 0.15) is 6.07 Å². The van der Waals surface area contributed by atoms with E-state index in [0.717, 1.165) is 64.2 Å². The van der Waals surface area contributed by atoms with Crippen LogP contribution in [-0.4, -0.2) is 21.5 Å². The molecule has 0 saturated carbocycles. The van der Waals surface area contributed by atoms with Gasteiger partial charge >= 0.3 is 0 Å². The van der Waals surface area contributed by atoms with Crippen LogP contribution >= 0.6 is 0 Å². The van der Waals surface area contributed by atoms with Crippen LogP contribution in [0.15, 0.2) is 85.5 Å². The molecule has 5 aromatic rings. The Morgan fingerprint density at radius 2 is 1.89 bits per heavy atom. The molecule has 0 fully saturated rings. The number of aromatic nitrogens is 3. The highest BCUT2D eigenvalue weighted by atomic mass is 14.9. The van der Waals surface area contributed by atoms with Crippen molar-refractivity contribution < 1.29 is 0 Å². The van der Waals surface area contributed by atoms with Crippen molar-refractivity contribution in [1.29, 1.82) is 5.26 Å². The zero-order chi connectivity index (χ0) is 25.5. The summed E-state index contributed by atoms with van der Waals surface area (Å²) in [6.07, 6.45) is 12.1. The van der Waals surface area contributed by atoms with Crippen molar-refractivity contribution in [3.63, 3.8) is 0 Å². The second-order valence-electron chi connectivity index (χ2n) is 8.89. The Bertz CT molecular complexity index is 1560. The van der Waals surface area contributed by atoms with Crippen molar-refractivity contribution in [2.24, 2.45) is 0 Å². The van der Waals surface area contributed by atoms with Crippen molar-refractivity contribution in [2.45, 2.75) is 19.9 Å². The summed E-state index contributed by atoms with van der Waals surface area (Å²) in [7, 11) is 0. The van der Waals surface area contributed by atoms with E-state index in [1.165, 1.54) is 5.56 Å². The lowest BCUT2D eigenvalue weighted by Gasteiger charge is -2.14. The maximum Gasteiger partial charge on any atom is 0.103 e. The molecule has 0 aliphatic heterocycles. The van der Waals surface area contributed by atoms with Crippen LogP contribution in [0.2, 0.25) is 0 Å². The summed E-state index contributed by atoms with van der Waals surface area (Å²) in [5.41, 5.74) is 8.68. The Morgan fingerprint density at radius 3 is 2.70 bits per heavy atom. The molecule has 0 atom stereocenters. The van der Waals surface area contributed by atoms with Gasteiger partial charge in [-0.05, 0) is 53.9 Å². The average molecular weight is 485 g/mol. The zero-order valence-corrected chi connectivity index (χ0v) is 20.7. The topological polar surface area (TPSA) is 89.4 Å². The third kappa shape index (κ3) is 5.75. The largest absolute Gasteiger partial charge is 0.361 e. The average Bonchev–Trinajstić information content (AvgIpc) is 3.43. The van der Waals surface area contributed by atoms with E-state index in [4.69, 9.17) is 0 Å². The zero-order valence-electron chi connectivity index (χ0n) is 20.7. The van der Waals surface area contributed by atoms with Gasteiger partial charge < -0.3 is 15.6 Å². The minimum atomic E-state index is 0.503. The number of benzene rings is 2. The molecule has 0 amide bonds. The Hall–Kier alpha value is -4.73. The SMILES string of the molecule is Cc1c(Nc2c(C#N)cncc2C=Cc2ccc(CNCCc3ccccn3)cc2)ccc2[nH]ccc12. The fourth-order valence-corrected chi connectivity index (χ4v) is 4.31. The first-order valence-electron chi connectivity index (χ1n) is 12.3. The van der Waals surface area contributed by atoms with Crippen LogP contribution in [0.5, 0.6) is 0 Å². The van der Waals surface area contributed by atoms with Crippen molar-refractivity contribution >= 4 is 34.4 Å². The van der Waals surface area contributed by atoms with Gasteiger partial charge in [0.25, 0.3) is 0 Å². The van der Waals surface area contributed by atoms with Gasteiger partial charge in [0.05, 0.1) is 11.3 Å². The number of aryl methyl sites for hydroxylation is 1. The van der Waals surface area contributed by atoms with E-state index in [-0.39, 0.29) is 0 Å². The van der Waals surface area contributed by atoms with Crippen molar-refractivity contribution in [2.75, 3.05) is 11.9 Å². The van der Waals surface area contributed by atoms with Crippen LogP contribution in [0.3, 0.4) is 0 Å². The molecule has 0 aliphatic rings. The highest BCUT2D eigenvalue weighted by molar-refractivity contribution is 5.90. The number of rotatable bonds is 9. The molecule has 2 aromatic carbocycles. The number of nitrogens with one attached hydrogen (secondary N) is 3. The molecule has 0 saturated heterocycles. The molecule has 0 aliphatic carbocycles. The molecule has 37 heavy (non-hydrogen) atoms. The number of nitrogens with zero attached hydrogens (tertiary/aromatic N) is 3. The summed E-state index contributed by atoms with van der Waals surface area (Å²) < 4.78 is 0. The maximum atomic E-state index is 9.73. The van der Waals surface area contributed by atoms with Crippen LogP contribution in [0.25, 0.3) is 23.1 Å². The third-order valence-electron chi connectivity index (χ3n) is 6.41. The molecule has 0 radical (unpaired) electrons. The number of fused-ring (bicyclic) bond motifs is 1. The van der Waals surface area contributed by atoms with Gasteiger partial charge in [-0.2, -0.15) is 5.26 Å². The maximum absolute atomic E-state index is 9.73. The summed E-state index contributed by atoms with van der Waals surface area (Å²) in [5, 5.41) is 17.8. The quantitative estimate of drug-likeness (QED) is 0.211. The lowest BCUT2D eigenvalue weighted by atomic mass is 10.1. The predicted molar refractivity (Wildman–Crippen MR) is 150 cm³/mol. The third-order valence-corrected chi connectivity index (χ3v) is 6.41. The highest BCUT2D eigenvalue weighted by Crippen LogP contribution is 2.31. The van der Waals surface area contributed by atoms with Gasteiger partial charge in [-0.3, -0.25) is 9.97 Å². The van der Waals surface area contributed by atoms with Gasteiger partial charge in [-0.15, -0.1) is 0 Å². The molecule has 0 unspecified atom stereocenters. The summed E-state index contributed by atoms with van der Waals surface area (Å²) in [6.45, 7) is 3.77. The van der Waals surface area contributed by atoms with E-state index in [0.29, 0.717) is 5.56 Å². The van der Waals surface area contributed by atoms with E-state index >= 15 is 0 Å². The van der Waals surface area contributed by atoms with E-state index in [1.807, 2.05) is 54.9 Å².